The van der Waals surface area contributed by atoms with E-state index in [0.717, 1.165) is 61.2 Å². The minimum absolute atomic E-state index is 0.227. The van der Waals surface area contributed by atoms with Crippen LogP contribution >= 0.6 is 27.7 Å². The fraction of sp³-hybridized carbons (Fsp3) is 0.129. The van der Waals surface area contributed by atoms with Gasteiger partial charge in [-0.15, -0.1) is 0 Å². The molecule has 0 atom stereocenters. The minimum atomic E-state index is -0.596. The van der Waals surface area contributed by atoms with Gasteiger partial charge in [0, 0.05) is 27.2 Å². The van der Waals surface area contributed by atoms with E-state index in [0.29, 0.717) is 6.61 Å². The van der Waals surface area contributed by atoms with Crippen molar-refractivity contribution >= 4 is 56.5 Å². The zero-order valence-electron chi connectivity index (χ0n) is 22.2. The largest absolute Gasteiger partial charge is 0.489 e. The lowest BCUT2D eigenvalue weighted by atomic mass is 10.2. The number of carbonyl (C=O) groups excluding carboxylic acids is 3. The number of amides is 3. The number of aromatic nitrogens is 1. The zero-order valence-corrected chi connectivity index (χ0v) is 24.6. The highest BCUT2D eigenvalue weighted by molar-refractivity contribution is 9.10. The highest BCUT2D eigenvalue weighted by Crippen LogP contribution is 2.34. The monoisotopic (exact) mass is 633 g/mol. The Morgan fingerprint density at radius 3 is 2.46 bits per heavy atom. The number of anilines is 1. The van der Waals surface area contributed by atoms with Crippen LogP contribution in [0.15, 0.2) is 88.2 Å². The Kier molecular flexibility index (Phi) is 8.41. The van der Waals surface area contributed by atoms with E-state index in [4.69, 9.17) is 4.74 Å². The number of hydrogen-bond donors (Lipinski definition) is 1. The second-order valence-electron chi connectivity index (χ2n) is 9.40. The van der Waals surface area contributed by atoms with E-state index in [1.54, 1.807) is 6.08 Å². The van der Waals surface area contributed by atoms with Crippen molar-refractivity contribution in [3.05, 3.63) is 117 Å². The molecule has 41 heavy (non-hydrogen) atoms. The number of benzene rings is 3. The number of ether oxygens (including phenoxy) is 1. The zero-order chi connectivity index (χ0) is 29.1. The molecule has 0 spiro atoms. The summed E-state index contributed by atoms with van der Waals surface area (Å²) in [6.07, 6.45) is 1.67. The maximum atomic E-state index is 13.4. The van der Waals surface area contributed by atoms with Gasteiger partial charge in [-0.05, 0) is 103 Å². The highest BCUT2D eigenvalue weighted by atomic mass is 79.9. The summed E-state index contributed by atoms with van der Waals surface area (Å²) in [5, 5.41) is 1.97. The Bertz CT molecular complexity index is 1670. The van der Waals surface area contributed by atoms with Crippen LogP contribution < -0.4 is 10.1 Å². The van der Waals surface area contributed by atoms with E-state index in [9.17, 15) is 18.8 Å². The van der Waals surface area contributed by atoms with Crippen molar-refractivity contribution in [2.75, 3.05) is 11.9 Å². The molecule has 5 rings (SSSR count). The van der Waals surface area contributed by atoms with Gasteiger partial charge >= 0.3 is 0 Å². The van der Waals surface area contributed by atoms with E-state index >= 15 is 0 Å². The Balaban J connectivity index is 1.27. The van der Waals surface area contributed by atoms with Gasteiger partial charge in [0.15, 0.2) is 0 Å². The number of halogens is 2. The average molecular weight is 635 g/mol. The molecule has 0 bridgehead atoms. The van der Waals surface area contributed by atoms with Crippen LogP contribution in [0.2, 0.25) is 0 Å². The summed E-state index contributed by atoms with van der Waals surface area (Å²) in [4.78, 5) is 39.1. The molecule has 0 saturated carbocycles. The van der Waals surface area contributed by atoms with Crippen molar-refractivity contribution in [1.82, 2.24) is 9.47 Å². The Hall–Kier alpha value is -4.15. The first kappa shape index (κ1) is 28.4. The second-order valence-corrected chi connectivity index (χ2v) is 11.3. The quantitative estimate of drug-likeness (QED) is 0.207. The molecule has 10 heteroatoms. The molecule has 0 radical (unpaired) electrons. The van der Waals surface area contributed by atoms with Crippen molar-refractivity contribution in [3.63, 3.8) is 0 Å². The SMILES string of the molecule is Cc1cc(/C=C2/SC(=O)N(CC(=O)Nc3cccc(F)c3)C2=O)c(C)n1-c1ccc(OCc2ccc(Br)cc2)cc1. The maximum absolute atomic E-state index is 13.4. The molecule has 4 aromatic rings. The maximum Gasteiger partial charge on any atom is 0.294 e. The number of rotatable bonds is 8. The van der Waals surface area contributed by atoms with Gasteiger partial charge in [-0.3, -0.25) is 19.3 Å². The molecule has 1 fully saturated rings. The van der Waals surface area contributed by atoms with Gasteiger partial charge in [-0.25, -0.2) is 4.39 Å². The van der Waals surface area contributed by atoms with Crippen LogP contribution in [0.5, 0.6) is 5.75 Å². The molecule has 7 nitrogen and oxygen atoms in total. The average Bonchev–Trinajstić information content (AvgIpc) is 3.37. The Labute approximate surface area is 249 Å². The summed E-state index contributed by atoms with van der Waals surface area (Å²) in [5.41, 5.74) is 4.86. The van der Waals surface area contributed by atoms with Crippen molar-refractivity contribution < 1.29 is 23.5 Å². The third-order valence-corrected chi connectivity index (χ3v) is 7.89. The summed E-state index contributed by atoms with van der Waals surface area (Å²) >= 11 is 4.22. The van der Waals surface area contributed by atoms with Gasteiger partial charge in [0.25, 0.3) is 11.1 Å². The van der Waals surface area contributed by atoms with Gasteiger partial charge in [0.05, 0.1) is 4.91 Å². The van der Waals surface area contributed by atoms with Crippen LogP contribution in [0.3, 0.4) is 0 Å². The number of imide groups is 1. The lowest BCUT2D eigenvalue weighted by Gasteiger charge is -2.12. The molecule has 3 aromatic carbocycles. The summed E-state index contributed by atoms with van der Waals surface area (Å²) in [6.45, 7) is 3.89. The molecule has 1 aliphatic rings. The number of thioether (sulfide) groups is 1. The molecule has 1 aromatic heterocycles. The second kappa shape index (κ2) is 12.2. The minimum Gasteiger partial charge on any atom is -0.489 e. The fourth-order valence-electron chi connectivity index (χ4n) is 4.46. The molecule has 208 valence electrons. The highest BCUT2D eigenvalue weighted by Gasteiger charge is 2.36. The Morgan fingerprint density at radius 1 is 1.02 bits per heavy atom. The van der Waals surface area contributed by atoms with E-state index < -0.39 is 29.4 Å². The van der Waals surface area contributed by atoms with Crippen molar-refractivity contribution in [3.8, 4) is 11.4 Å². The third-order valence-electron chi connectivity index (χ3n) is 6.45. The van der Waals surface area contributed by atoms with Crippen LogP contribution in [0.4, 0.5) is 14.9 Å². The van der Waals surface area contributed by atoms with Crippen LogP contribution in [0.25, 0.3) is 11.8 Å². The summed E-state index contributed by atoms with van der Waals surface area (Å²) in [6, 6.07) is 23.0. The lowest BCUT2D eigenvalue weighted by Crippen LogP contribution is -2.36. The van der Waals surface area contributed by atoms with E-state index in [2.05, 4.69) is 25.8 Å². The van der Waals surface area contributed by atoms with Crippen LogP contribution in [-0.4, -0.2) is 33.1 Å². The van der Waals surface area contributed by atoms with Crippen molar-refractivity contribution in [2.45, 2.75) is 20.5 Å². The standard InChI is InChI=1S/C31H25BrFN3O4S/c1-19-14-22(15-28-30(38)35(31(39)41-28)17-29(37)34-25-5-3-4-24(33)16-25)20(2)36(19)26-10-12-27(13-11-26)40-18-21-6-8-23(32)9-7-21/h3-16H,17-18H2,1-2H3,(H,34,37)/b28-15+. The van der Waals surface area contributed by atoms with Gasteiger partial charge in [-0.1, -0.05) is 34.1 Å². The van der Waals surface area contributed by atoms with Gasteiger partial charge in [0.2, 0.25) is 5.91 Å². The van der Waals surface area contributed by atoms with E-state index in [-0.39, 0.29) is 10.6 Å². The molecule has 1 aliphatic heterocycles. The lowest BCUT2D eigenvalue weighted by molar-refractivity contribution is -0.127. The normalized spacial score (nSPS) is 14.1. The number of aryl methyl sites for hydroxylation is 1. The van der Waals surface area contributed by atoms with Crippen LogP contribution in [0.1, 0.15) is 22.5 Å². The summed E-state index contributed by atoms with van der Waals surface area (Å²) in [7, 11) is 0. The molecule has 1 saturated heterocycles. The number of hydrogen-bond acceptors (Lipinski definition) is 5. The number of nitrogens with zero attached hydrogens (tertiary/aromatic N) is 2. The van der Waals surface area contributed by atoms with Gasteiger partial charge in [-0.2, -0.15) is 0 Å². The van der Waals surface area contributed by atoms with Crippen molar-refractivity contribution in [1.29, 1.82) is 0 Å². The molecule has 1 N–H and O–H groups in total. The van der Waals surface area contributed by atoms with Crippen LogP contribution in [0, 0.1) is 19.7 Å². The predicted molar refractivity (Wildman–Crippen MR) is 161 cm³/mol. The van der Waals surface area contributed by atoms with Gasteiger partial charge < -0.3 is 14.6 Å². The van der Waals surface area contributed by atoms with E-state index in [1.165, 1.54) is 18.2 Å². The smallest absolute Gasteiger partial charge is 0.294 e. The van der Waals surface area contributed by atoms with Crippen molar-refractivity contribution in [2.24, 2.45) is 0 Å². The molecule has 0 aliphatic carbocycles. The predicted octanol–water partition coefficient (Wildman–Crippen LogP) is 7.25. The molecule has 2 heterocycles. The molecule has 0 unspecified atom stereocenters. The summed E-state index contributed by atoms with van der Waals surface area (Å²) in [5.74, 6) is -0.905. The molecular weight excluding hydrogens is 609 g/mol. The summed E-state index contributed by atoms with van der Waals surface area (Å²) < 4.78 is 22.4. The van der Waals surface area contributed by atoms with Gasteiger partial charge in [0.1, 0.15) is 24.7 Å². The first-order valence-corrected chi connectivity index (χ1v) is 14.3. The third kappa shape index (κ3) is 6.61. The Morgan fingerprint density at radius 2 is 1.76 bits per heavy atom. The number of carbonyl (C=O) groups is 3. The first-order valence-electron chi connectivity index (χ1n) is 12.7. The molecular formula is C31H25BrFN3O4S. The fourth-order valence-corrected chi connectivity index (χ4v) is 5.55. The number of nitrogens with one attached hydrogen (secondary N) is 1. The van der Waals surface area contributed by atoms with Crippen LogP contribution in [-0.2, 0) is 16.2 Å². The first-order chi connectivity index (χ1) is 19.7. The molecule has 3 amide bonds. The van der Waals surface area contributed by atoms with E-state index in [1.807, 2.05) is 68.4 Å². The topological polar surface area (TPSA) is 80.6 Å².